The van der Waals surface area contributed by atoms with E-state index in [4.69, 9.17) is 4.74 Å². The maximum absolute atomic E-state index is 12.7. The molecular formula is C26H28N4O3. The fraction of sp³-hybridized carbons (Fsp3) is 0.308. The Morgan fingerprint density at radius 3 is 2.97 bits per heavy atom. The lowest BCUT2D eigenvalue weighted by molar-refractivity contribution is -0.116. The highest BCUT2D eigenvalue weighted by atomic mass is 16.5. The number of aromatic amines is 1. The van der Waals surface area contributed by atoms with E-state index in [1.54, 1.807) is 7.11 Å². The lowest BCUT2D eigenvalue weighted by Gasteiger charge is -2.22. The molecule has 0 aliphatic carbocycles. The summed E-state index contributed by atoms with van der Waals surface area (Å²) in [6, 6.07) is 11.3. The number of anilines is 2. The van der Waals surface area contributed by atoms with Gasteiger partial charge in [0, 0.05) is 51.6 Å². The van der Waals surface area contributed by atoms with Gasteiger partial charge in [-0.3, -0.25) is 9.59 Å². The Kier molecular flexibility index (Phi) is 5.88. The summed E-state index contributed by atoms with van der Waals surface area (Å²) in [6.07, 6.45) is 7.51. The molecule has 7 heteroatoms. The van der Waals surface area contributed by atoms with E-state index in [9.17, 15) is 9.59 Å². The first-order chi connectivity index (χ1) is 16.1. The van der Waals surface area contributed by atoms with Crippen LogP contribution in [0.1, 0.15) is 36.8 Å². The van der Waals surface area contributed by atoms with Crippen molar-refractivity contribution in [2.75, 3.05) is 30.8 Å². The Bertz CT molecular complexity index is 1240. The van der Waals surface area contributed by atoms with Gasteiger partial charge in [-0.2, -0.15) is 0 Å². The zero-order valence-electron chi connectivity index (χ0n) is 18.7. The van der Waals surface area contributed by atoms with Gasteiger partial charge in [-0.25, -0.2) is 0 Å². The zero-order valence-corrected chi connectivity index (χ0v) is 18.7. The van der Waals surface area contributed by atoms with E-state index in [1.807, 2.05) is 48.7 Å². The van der Waals surface area contributed by atoms with Crippen molar-refractivity contribution in [1.29, 1.82) is 0 Å². The number of H-pyrrole nitrogens is 1. The van der Waals surface area contributed by atoms with Crippen LogP contribution in [-0.2, 0) is 9.59 Å². The molecule has 33 heavy (non-hydrogen) atoms. The Hall–Kier alpha value is -3.58. The molecule has 7 nitrogen and oxygen atoms in total. The molecule has 2 aromatic carbocycles. The van der Waals surface area contributed by atoms with E-state index in [1.165, 1.54) is 12.8 Å². The molecule has 1 atom stereocenters. The van der Waals surface area contributed by atoms with Gasteiger partial charge in [0.2, 0.25) is 5.91 Å². The van der Waals surface area contributed by atoms with Crippen molar-refractivity contribution in [3.05, 3.63) is 53.7 Å². The van der Waals surface area contributed by atoms with Crippen LogP contribution < -0.4 is 20.7 Å². The molecule has 2 aliphatic heterocycles. The minimum Gasteiger partial charge on any atom is -0.497 e. The topological polar surface area (TPSA) is 95.2 Å². The number of ether oxygens (including phenoxy) is 1. The van der Waals surface area contributed by atoms with Gasteiger partial charge >= 0.3 is 0 Å². The molecule has 170 valence electrons. The third-order valence-corrected chi connectivity index (χ3v) is 6.49. The van der Waals surface area contributed by atoms with E-state index in [0.29, 0.717) is 23.6 Å². The number of aromatic nitrogens is 1. The lowest BCUT2D eigenvalue weighted by atomic mass is 9.94. The second-order valence-corrected chi connectivity index (χ2v) is 8.73. The second-order valence-electron chi connectivity index (χ2n) is 8.73. The average molecular weight is 445 g/mol. The maximum Gasteiger partial charge on any atom is 0.256 e. The monoisotopic (exact) mass is 444 g/mol. The number of benzene rings is 2. The van der Waals surface area contributed by atoms with Crippen molar-refractivity contribution in [1.82, 2.24) is 10.3 Å². The van der Waals surface area contributed by atoms with E-state index < -0.39 is 0 Å². The number of fused-ring (bicyclic) bond motifs is 2. The molecule has 4 N–H and O–H groups in total. The van der Waals surface area contributed by atoms with Gasteiger partial charge in [0.25, 0.3) is 5.91 Å². The van der Waals surface area contributed by atoms with Crippen molar-refractivity contribution in [3.8, 4) is 5.75 Å². The molecule has 0 bridgehead atoms. The van der Waals surface area contributed by atoms with Crippen molar-refractivity contribution in [2.24, 2.45) is 5.92 Å². The van der Waals surface area contributed by atoms with Crippen LogP contribution in [0.2, 0.25) is 0 Å². The molecule has 0 saturated carbocycles. The lowest BCUT2D eigenvalue weighted by Crippen LogP contribution is -2.30. The summed E-state index contributed by atoms with van der Waals surface area (Å²) < 4.78 is 5.35. The predicted octanol–water partition coefficient (Wildman–Crippen LogP) is 4.39. The number of nitrogens with one attached hydrogen (secondary N) is 4. The molecule has 2 amide bonds. The molecule has 1 fully saturated rings. The first-order valence-electron chi connectivity index (χ1n) is 11.4. The van der Waals surface area contributed by atoms with Crippen LogP contribution in [-0.4, -0.2) is 37.0 Å². The van der Waals surface area contributed by atoms with Crippen LogP contribution in [0, 0.1) is 5.92 Å². The minimum absolute atomic E-state index is 0.00654. The molecule has 0 spiro atoms. The van der Waals surface area contributed by atoms with Gasteiger partial charge in [0.15, 0.2) is 0 Å². The second kappa shape index (κ2) is 9.11. The van der Waals surface area contributed by atoms with Gasteiger partial charge < -0.3 is 25.7 Å². The number of piperidine rings is 1. The Morgan fingerprint density at radius 2 is 2.15 bits per heavy atom. The number of carbonyl (C=O) groups is 2. The summed E-state index contributed by atoms with van der Waals surface area (Å²) in [6.45, 7) is 2.07. The van der Waals surface area contributed by atoms with Gasteiger partial charge in [-0.1, -0.05) is 0 Å². The number of methoxy groups -OCH3 is 1. The maximum atomic E-state index is 12.7. The van der Waals surface area contributed by atoms with E-state index in [-0.39, 0.29) is 11.8 Å². The molecule has 3 aromatic rings. The van der Waals surface area contributed by atoms with Gasteiger partial charge in [0.05, 0.1) is 7.11 Å². The summed E-state index contributed by atoms with van der Waals surface area (Å²) in [7, 11) is 1.63. The fourth-order valence-electron chi connectivity index (χ4n) is 4.66. The molecule has 0 radical (unpaired) electrons. The number of hydrogen-bond donors (Lipinski definition) is 4. The third kappa shape index (κ3) is 4.50. The van der Waals surface area contributed by atoms with Gasteiger partial charge in [0.1, 0.15) is 5.75 Å². The summed E-state index contributed by atoms with van der Waals surface area (Å²) >= 11 is 0. The first kappa shape index (κ1) is 21.3. The van der Waals surface area contributed by atoms with Gasteiger partial charge in [-0.15, -0.1) is 0 Å². The molecule has 1 saturated heterocycles. The van der Waals surface area contributed by atoms with E-state index in [0.717, 1.165) is 53.0 Å². The highest BCUT2D eigenvalue weighted by Crippen LogP contribution is 2.36. The largest absolute Gasteiger partial charge is 0.497 e. The predicted molar refractivity (Wildman–Crippen MR) is 131 cm³/mol. The van der Waals surface area contributed by atoms with Crippen LogP contribution in [0.25, 0.3) is 22.6 Å². The number of carbonyl (C=O) groups excluding carboxylic acids is 2. The highest BCUT2D eigenvalue weighted by molar-refractivity contribution is 6.35. The number of hydrogen-bond acceptors (Lipinski definition) is 4. The quantitative estimate of drug-likeness (QED) is 0.424. The molecular weight excluding hydrogens is 416 g/mol. The summed E-state index contributed by atoms with van der Waals surface area (Å²) in [5.74, 6) is 1.17. The van der Waals surface area contributed by atoms with E-state index >= 15 is 0 Å². The smallest absolute Gasteiger partial charge is 0.256 e. The molecule has 5 rings (SSSR count). The van der Waals surface area contributed by atoms with Crippen LogP contribution in [0.4, 0.5) is 11.4 Å². The average Bonchev–Trinajstić information content (AvgIpc) is 3.38. The third-order valence-electron chi connectivity index (χ3n) is 6.49. The Morgan fingerprint density at radius 1 is 1.24 bits per heavy atom. The highest BCUT2D eigenvalue weighted by Gasteiger charge is 2.25. The molecule has 3 heterocycles. The van der Waals surface area contributed by atoms with E-state index in [2.05, 4.69) is 20.9 Å². The van der Waals surface area contributed by atoms with Crippen LogP contribution >= 0.6 is 0 Å². The minimum atomic E-state index is -0.157. The molecule has 1 unspecified atom stereocenters. The van der Waals surface area contributed by atoms with Gasteiger partial charge in [-0.05, 0) is 80.7 Å². The van der Waals surface area contributed by atoms with Crippen molar-refractivity contribution < 1.29 is 14.3 Å². The van der Waals surface area contributed by atoms with Crippen molar-refractivity contribution >= 4 is 45.7 Å². The Balaban J connectivity index is 1.36. The standard InChI is InChI=1S/C26H28N4O3/c1-33-19-6-8-23-20(13-19)17(15-28-23)11-22-21-12-18(5-7-24(21)30-26(22)32)29-25(31)9-4-16-3-2-10-27-14-16/h5-8,11-13,15-16,27-28H,2-4,9-10,14H2,1H3,(H,29,31)(H,30,32). The normalized spacial score (nSPS) is 18.9. The Labute approximate surface area is 192 Å². The zero-order chi connectivity index (χ0) is 22.8. The number of rotatable bonds is 6. The van der Waals surface area contributed by atoms with Crippen molar-refractivity contribution in [3.63, 3.8) is 0 Å². The molecule has 2 aliphatic rings. The fourth-order valence-corrected chi connectivity index (χ4v) is 4.66. The summed E-state index contributed by atoms with van der Waals surface area (Å²) in [5.41, 5.74) is 4.66. The summed E-state index contributed by atoms with van der Waals surface area (Å²) in [4.78, 5) is 28.5. The van der Waals surface area contributed by atoms with Crippen LogP contribution in [0.5, 0.6) is 5.75 Å². The van der Waals surface area contributed by atoms with Crippen LogP contribution in [0.3, 0.4) is 0 Å². The summed E-state index contributed by atoms with van der Waals surface area (Å²) in [5, 5.41) is 10.3. The first-order valence-corrected chi connectivity index (χ1v) is 11.4. The number of amides is 2. The van der Waals surface area contributed by atoms with Crippen molar-refractivity contribution in [2.45, 2.75) is 25.7 Å². The SMILES string of the molecule is COc1ccc2[nH]cc(C=C3C(=O)Nc4ccc(NC(=O)CCC5CCCNC5)cc43)c2c1. The molecule has 1 aromatic heterocycles. The van der Waals surface area contributed by atoms with Crippen LogP contribution in [0.15, 0.2) is 42.6 Å².